The van der Waals surface area contributed by atoms with E-state index in [4.69, 9.17) is 11.6 Å². The molecule has 0 aliphatic carbocycles. The van der Waals surface area contributed by atoms with Crippen LogP contribution in [0.2, 0.25) is 5.02 Å². The van der Waals surface area contributed by atoms with Crippen LogP contribution in [0.4, 0.5) is 0 Å². The standard InChI is InChI=1S/C23H21ClN2O4/c24-19-4-2-1-3-15(19)12-17(27)7-5-14-6-8-18-16(11-14)13-26(23(18)30)20-9-10-21(28)25-22(20)29/h1-4,6,8,11,20H,5,7,9-10,12-13H2,(H,25,28,29). The smallest absolute Gasteiger partial charge is 0.255 e. The summed E-state index contributed by atoms with van der Waals surface area (Å²) in [6.07, 6.45) is 1.83. The van der Waals surface area contributed by atoms with Gasteiger partial charge in [0, 0.05) is 36.4 Å². The largest absolute Gasteiger partial charge is 0.322 e. The molecular formula is C23H21ClN2O4. The number of ketones is 1. The second-order valence-corrected chi connectivity index (χ2v) is 8.11. The number of imide groups is 1. The van der Waals surface area contributed by atoms with Gasteiger partial charge in [-0.1, -0.05) is 41.9 Å². The average Bonchev–Trinajstić information content (AvgIpc) is 3.04. The molecule has 2 aliphatic rings. The molecule has 1 unspecified atom stereocenters. The number of carbonyl (C=O) groups is 4. The summed E-state index contributed by atoms with van der Waals surface area (Å²) >= 11 is 6.12. The maximum atomic E-state index is 12.7. The molecule has 6 nitrogen and oxygen atoms in total. The Labute approximate surface area is 179 Å². The Hall–Kier alpha value is -2.99. The summed E-state index contributed by atoms with van der Waals surface area (Å²) in [5.41, 5.74) is 3.22. The normalized spacial score (nSPS) is 18.4. The summed E-state index contributed by atoms with van der Waals surface area (Å²) in [6, 6.07) is 12.2. The van der Waals surface area contributed by atoms with Crippen molar-refractivity contribution in [1.29, 1.82) is 0 Å². The number of nitrogens with zero attached hydrogens (tertiary/aromatic N) is 1. The van der Waals surface area contributed by atoms with Gasteiger partial charge in [-0.25, -0.2) is 0 Å². The van der Waals surface area contributed by atoms with Crippen LogP contribution in [0.3, 0.4) is 0 Å². The second-order valence-electron chi connectivity index (χ2n) is 7.70. The minimum atomic E-state index is -0.622. The zero-order valence-corrected chi connectivity index (χ0v) is 17.1. The van der Waals surface area contributed by atoms with Crippen LogP contribution in [0.25, 0.3) is 0 Å². The minimum Gasteiger partial charge on any atom is -0.322 e. The maximum Gasteiger partial charge on any atom is 0.255 e. The molecule has 7 heteroatoms. The molecule has 1 atom stereocenters. The van der Waals surface area contributed by atoms with Crippen molar-refractivity contribution in [3.05, 3.63) is 69.7 Å². The Morgan fingerprint density at radius 2 is 1.93 bits per heavy atom. The van der Waals surface area contributed by atoms with Gasteiger partial charge in [0.05, 0.1) is 0 Å². The zero-order chi connectivity index (χ0) is 21.3. The fourth-order valence-electron chi connectivity index (χ4n) is 4.01. The van der Waals surface area contributed by atoms with Gasteiger partial charge in [0.15, 0.2) is 0 Å². The van der Waals surface area contributed by atoms with Crippen LogP contribution in [0.5, 0.6) is 0 Å². The van der Waals surface area contributed by atoms with Crippen LogP contribution in [0.15, 0.2) is 42.5 Å². The lowest BCUT2D eigenvalue weighted by Crippen LogP contribution is -2.52. The molecule has 2 heterocycles. The zero-order valence-electron chi connectivity index (χ0n) is 16.3. The number of aryl methyl sites for hydroxylation is 1. The van der Waals surface area contributed by atoms with Crippen molar-refractivity contribution in [3.63, 3.8) is 0 Å². The average molecular weight is 425 g/mol. The van der Waals surface area contributed by atoms with Gasteiger partial charge in [0.25, 0.3) is 5.91 Å². The third kappa shape index (κ3) is 4.14. The van der Waals surface area contributed by atoms with Crippen molar-refractivity contribution in [1.82, 2.24) is 10.2 Å². The third-order valence-electron chi connectivity index (χ3n) is 5.63. The van der Waals surface area contributed by atoms with E-state index in [1.165, 1.54) is 4.90 Å². The van der Waals surface area contributed by atoms with E-state index >= 15 is 0 Å². The van der Waals surface area contributed by atoms with Gasteiger partial charge in [0.2, 0.25) is 11.8 Å². The number of rotatable bonds is 6. The molecule has 154 valence electrons. The molecule has 2 aromatic rings. The lowest BCUT2D eigenvalue weighted by molar-refractivity contribution is -0.137. The summed E-state index contributed by atoms with van der Waals surface area (Å²) in [6.45, 7) is 0.335. The highest BCUT2D eigenvalue weighted by Crippen LogP contribution is 2.28. The van der Waals surface area contributed by atoms with E-state index in [0.29, 0.717) is 42.8 Å². The van der Waals surface area contributed by atoms with Crippen molar-refractivity contribution in [2.24, 2.45) is 0 Å². The molecular weight excluding hydrogens is 404 g/mol. The number of Topliss-reactive ketones (excluding diaryl/α,β-unsaturated/α-hetero) is 1. The quantitative estimate of drug-likeness (QED) is 0.723. The number of amides is 3. The summed E-state index contributed by atoms with van der Waals surface area (Å²) < 4.78 is 0. The van der Waals surface area contributed by atoms with Gasteiger partial charge in [-0.3, -0.25) is 24.5 Å². The molecule has 1 saturated heterocycles. The molecule has 1 N–H and O–H groups in total. The maximum absolute atomic E-state index is 12.7. The molecule has 3 amide bonds. The van der Waals surface area contributed by atoms with Gasteiger partial charge in [0.1, 0.15) is 11.8 Å². The monoisotopic (exact) mass is 424 g/mol. The van der Waals surface area contributed by atoms with Crippen molar-refractivity contribution >= 4 is 35.1 Å². The molecule has 0 bridgehead atoms. The summed E-state index contributed by atoms with van der Waals surface area (Å²) in [5.74, 6) is -0.812. The van der Waals surface area contributed by atoms with Gasteiger partial charge in [-0.05, 0) is 41.7 Å². The fraction of sp³-hybridized carbons (Fsp3) is 0.304. The first kappa shape index (κ1) is 20.3. The van der Waals surface area contributed by atoms with Gasteiger partial charge in [-0.15, -0.1) is 0 Å². The topological polar surface area (TPSA) is 83.6 Å². The van der Waals surface area contributed by atoms with E-state index < -0.39 is 11.9 Å². The van der Waals surface area contributed by atoms with Crippen molar-refractivity contribution in [2.45, 2.75) is 44.7 Å². The van der Waals surface area contributed by atoms with E-state index in [-0.39, 0.29) is 24.0 Å². The number of fused-ring (bicyclic) bond motifs is 1. The van der Waals surface area contributed by atoms with E-state index in [1.807, 2.05) is 30.3 Å². The summed E-state index contributed by atoms with van der Waals surface area (Å²) in [5, 5.41) is 2.90. The lowest BCUT2D eigenvalue weighted by atomic mass is 9.99. The highest BCUT2D eigenvalue weighted by Gasteiger charge is 2.39. The molecule has 30 heavy (non-hydrogen) atoms. The molecule has 2 aromatic carbocycles. The van der Waals surface area contributed by atoms with Crippen LogP contribution in [-0.2, 0) is 33.8 Å². The first-order valence-corrected chi connectivity index (χ1v) is 10.3. The molecule has 4 rings (SSSR count). The Bertz CT molecular complexity index is 1050. The number of benzene rings is 2. The highest BCUT2D eigenvalue weighted by molar-refractivity contribution is 6.31. The van der Waals surface area contributed by atoms with Crippen LogP contribution in [-0.4, -0.2) is 34.4 Å². The van der Waals surface area contributed by atoms with E-state index in [1.54, 1.807) is 12.1 Å². The van der Waals surface area contributed by atoms with Crippen molar-refractivity contribution < 1.29 is 19.2 Å². The van der Waals surface area contributed by atoms with E-state index in [2.05, 4.69) is 5.32 Å². The number of hydrogen-bond donors (Lipinski definition) is 1. The Morgan fingerprint density at radius 3 is 2.70 bits per heavy atom. The van der Waals surface area contributed by atoms with Crippen LogP contribution in [0.1, 0.15) is 46.3 Å². The minimum absolute atomic E-state index is 0.102. The number of carbonyl (C=O) groups excluding carboxylic acids is 4. The van der Waals surface area contributed by atoms with Gasteiger partial charge < -0.3 is 4.90 Å². The van der Waals surface area contributed by atoms with Crippen LogP contribution >= 0.6 is 11.6 Å². The number of nitrogens with one attached hydrogen (secondary N) is 1. The summed E-state index contributed by atoms with van der Waals surface area (Å²) in [4.78, 5) is 50.1. The molecule has 1 fully saturated rings. The number of halogens is 1. The van der Waals surface area contributed by atoms with Gasteiger partial charge in [-0.2, -0.15) is 0 Å². The third-order valence-corrected chi connectivity index (χ3v) is 5.99. The molecule has 0 spiro atoms. The first-order chi connectivity index (χ1) is 14.4. The Kier molecular flexibility index (Phi) is 5.68. The van der Waals surface area contributed by atoms with Crippen molar-refractivity contribution in [2.75, 3.05) is 0 Å². The molecule has 0 saturated carbocycles. The predicted octanol–water partition coefficient (Wildman–Crippen LogP) is 2.85. The molecule has 2 aliphatic heterocycles. The molecule has 0 aromatic heterocycles. The van der Waals surface area contributed by atoms with Crippen molar-refractivity contribution in [3.8, 4) is 0 Å². The van der Waals surface area contributed by atoms with Crippen LogP contribution < -0.4 is 5.32 Å². The van der Waals surface area contributed by atoms with E-state index in [9.17, 15) is 19.2 Å². The fourth-order valence-corrected chi connectivity index (χ4v) is 4.21. The predicted molar refractivity (Wildman–Crippen MR) is 111 cm³/mol. The Balaban J connectivity index is 1.39. The lowest BCUT2D eigenvalue weighted by Gasteiger charge is -2.29. The van der Waals surface area contributed by atoms with Crippen LogP contribution in [0, 0.1) is 0 Å². The highest BCUT2D eigenvalue weighted by atomic mass is 35.5. The Morgan fingerprint density at radius 1 is 1.13 bits per heavy atom. The number of hydrogen-bond acceptors (Lipinski definition) is 4. The number of piperidine rings is 1. The molecule has 0 radical (unpaired) electrons. The summed E-state index contributed by atoms with van der Waals surface area (Å²) in [7, 11) is 0. The second kappa shape index (κ2) is 8.40. The van der Waals surface area contributed by atoms with E-state index in [0.717, 1.165) is 16.7 Å². The van der Waals surface area contributed by atoms with Gasteiger partial charge >= 0.3 is 0 Å². The SMILES string of the molecule is O=C(CCc1ccc2c(c1)CN(C1CCC(=O)NC1=O)C2=O)Cc1ccccc1Cl. The first-order valence-electron chi connectivity index (χ1n) is 9.94.